The van der Waals surface area contributed by atoms with Crippen molar-refractivity contribution in [2.75, 3.05) is 14.2 Å². The van der Waals surface area contributed by atoms with E-state index in [9.17, 15) is 0 Å². The Kier molecular flexibility index (Phi) is 4.84. The topological polar surface area (TPSA) is 21.3 Å². The fourth-order valence-corrected chi connectivity index (χ4v) is 3.04. The molecule has 0 saturated heterocycles. The van der Waals surface area contributed by atoms with E-state index in [1.807, 2.05) is 13.1 Å². The second-order valence-electron chi connectivity index (χ2n) is 4.92. The predicted molar refractivity (Wildman–Crippen MR) is 87.5 cm³/mol. The number of rotatable bonds is 4. The van der Waals surface area contributed by atoms with Crippen LogP contribution < -0.4 is 10.1 Å². The molecule has 0 aliphatic heterocycles. The SMILES string of the molecule is CNC(c1cc(C)c(OC)cc1C)c1ccccc1Br. The summed E-state index contributed by atoms with van der Waals surface area (Å²) in [6.45, 7) is 4.20. The second-order valence-corrected chi connectivity index (χ2v) is 5.78. The zero-order valence-electron chi connectivity index (χ0n) is 12.3. The quantitative estimate of drug-likeness (QED) is 0.896. The van der Waals surface area contributed by atoms with Gasteiger partial charge in [-0.05, 0) is 55.3 Å². The van der Waals surface area contributed by atoms with Gasteiger partial charge in [0.2, 0.25) is 0 Å². The van der Waals surface area contributed by atoms with Crippen molar-refractivity contribution in [1.29, 1.82) is 0 Å². The smallest absolute Gasteiger partial charge is 0.122 e. The number of hydrogen-bond acceptors (Lipinski definition) is 2. The van der Waals surface area contributed by atoms with E-state index >= 15 is 0 Å². The van der Waals surface area contributed by atoms with Crippen molar-refractivity contribution >= 4 is 15.9 Å². The lowest BCUT2D eigenvalue weighted by Gasteiger charge is -2.22. The number of nitrogens with one attached hydrogen (secondary N) is 1. The highest BCUT2D eigenvalue weighted by atomic mass is 79.9. The molecule has 0 aromatic heterocycles. The van der Waals surface area contributed by atoms with Gasteiger partial charge in [0.1, 0.15) is 5.75 Å². The van der Waals surface area contributed by atoms with Gasteiger partial charge in [0.05, 0.1) is 13.2 Å². The summed E-state index contributed by atoms with van der Waals surface area (Å²) in [7, 11) is 3.70. The van der Waals surface area contributed by atoms with Gasteiger partial charge in [-0.2, -0.15) is 0 Å². The molecule has 106 valence electrons. The molecule has 3 heteroatoms. The van der Waals surface area contributed by atoms with Crippen LogP contribution in [0.2, 0.25) is 0 Å². The first-order valence-corrected chi connectivity index (χ1v) is 7.44. The molecule has 0 spiro atoms. The van der Waals surface area contributed by atoms with Crippen molar-refractivity contribution in [1.82, 2.24) is 5.32 Å². The number of benzene rings is 2. The summed E-state index contributed by atoms with van der Waals surface area (Å²) in [4.78, 5) is 0. The molecule has 2 nitrogen and oxygen atoms in total. The summed E-state index contributed by atoms with van der Waals surface area (Å²) in [5, 5.41) is 3.41. The van der Waals surface area contributed by atoms with Gasteiger partial charge in [0, 0.05) is 4.47 Å². The Morgan fingerprint density at radius 3 is 2.35 bits per heavy atom. The van der Waals surface area contributed by atoms with Crippen LogP contribution in [0.3, 0.4) is 0 Å². The minimum Gasteiger partial charge on any atom is -0.496 e. The summed E-state index contributed by atoms with van der Waals surface area (Å²) in [6, 6.07) is 12.8. The third kappa shape index (κ3) is 2.89. The van der Waals surface area contributed by atoms with Crippen molar-refractivity contribution in [3.63, 3.8) is 0 Å². The Balaban J connectivity index is 2.53. The third-order valence-corrected chi connectivity index (χ3v) is 4.32. The number of ether oxygens (including phenoxy) is 1. The summed E-state index contributed by atoms with van der Waals surface area (Å²) >= 11 is 3.64. The first-order chi connectivity index (χ1) is 9.58. The highest BCUT2D eigenvalue weighted by Crippen LogP contribution is 2.33. The zero-order chi connectivity index (χ0) is 14.7. The standard InChI is InChI=1S/C17H20BrNO/c1-11-10-16(20-4)12(2)9-14(11)17(19-3)13-7-5-6-8-15(13)18/h5-10,17,19H,1-4H3. The molecule has 1 N–H and O–H groups in total. The molecule has 0 saturated carbocycles. The van der Waals surface area contributed by atoms with Gasteiger partial charge in [0.25, 0.3) is 0 Å². The lowest BCUT2D eigenvalue weighted by molar-refractivity contribution is 0.411. The number of halogens is 1. The van der Waals surface area contributed by atoms with Crippen LogP contribution >= 0.6 is 15.9 Å². The zero-order valence-corrected chi connectivity index (χ0v) is 13.9. The minimum absolute atomic E-state index is 0.162. The van der Waals surface area contributed by atoms with Crippen molar-refractivity contribution in [2.45, 2.75) is 19.9 Å². The number of hydrogen-bond donors (Lipinski definition) is 1. The molecular formula is C17H20BrNO. The maximum atomic E-state index is 5.39. The maximum Gasteiger partial charge on any atom is 0.122 e. The summed E-state index contributed by atoms with van der Waals surface area (Å²) in [6.07, 6.45) is 0. The molecule has 0 fully saturated rings. The van der Waals surface area contributed by atoms with Gasteiger partial charge < -0.3 is 10.1 Å². The molecule has 0 aliphatic carbocycles. The minimum atomic E-state index is 0.162. The normalized spacial score (nSPS) is 12.2. The van der Waals surface area contributed by atoms with Crippen LogP contribution in [0.1, 0.15) is 28.3 Å². The summed E-state index contributed by atoms with van der Waals surface area (Å²) in [5.74, 6) is 0.938. The summed E-state index contributed by atoms with van der Waals surface area (Å²) < 4.78 is 6.51. The Hall–Kier alpha value is -1.32. The first-order valence-electron chi connectivity index (χ1n) is 6.65. The van der Waals surface area contributed by atoms with Crippen LogP contribution in [-0.2, 0) is 0 Å². The Labute approximate surface area is 129 Å². The third-order valence-electron chi connectivity index (χ3n) is 3.60. The van der Waals surface area contributed by atoms with E-state index in [0.717, 1.165) is 15.8 Å². The lowest BCUT2D eigenvalue weighted by Crippen LogP contribution is -2.19. The van der Waals surface area contributed by atoms with Crippen LogP contribution in [0.4, 0.5) is 0 Å². The highest BCUT2D eigenvalue weighted by molar-refractivity contribution is 9.10. The van der Waals surface area contributed by atoms with E-state index in [1.165, 1.54) is 16.7 Å². The van der Waals surface area contributed by atoms with Crippen LogP contribution in [0.15, 0.2) is 40.9 Å². The van der Waals surface area contributed by atoms with Gasteiger partial charge in [-0.25, -0.2) is 0 Å². The van der Waals surface area contributed by atoms with Gasteiger partial charge in [-0.15, -0.1) is 0 Å². The van der Waals surface area contributed by atoms with Gasteiger partial charge in [-0.1, -0.05) is 40.2 Å². The van der Waals surface area contributed by atoms with Crippen LogP contribution in [0.25, 0.3) is 0 Å². The Bertz CT molecular complexity index is 610. The molecule has 0 radical (unpaired) electrons. The fraction of sp³-hybridized carbons (Fsp3) is 0.294. The van der Waals surface area contributed by atoms with E-state index in [0.29, 0.717) is 0 Å². The van der Waals surface area contributed by atoms with Crippen molar-refractivity contribution < 1.29 is 4.74 Å². The van der Waals surface area contributed by atoms with E-state index in [-0.39, 0.29) is 6.04 Å². The van der Waals surface area contributed by atoms with E-state index < -0.39 is 0 Å². The average molecular weight is 334 g/mol. The molecule has 2 rings (SSSR count). The molecule has 0 bridgehead atoms. The molecule has 2 aromatic carbocycles. The van der Waals surface area contributed by atoms with E-state index in [4.69, 9.17) is 4.74 Å². The second kappa shape index (κ2) is 6.42. The van der Waals surface area contributed by atoms with Gasteiger partial charge in [-0.3, -0.25) is 0 Å². The van der Waals surface area contributed by atoms with Crippen molar-refractivity contribution in [2.24, 2.45) is 0 Å². The Morgan fingerprint density at radius 1 is 1.05 bits per heavy atom. The molecule has 1 atom stereocenters. The lowest BCUT2D eigenvalue weighted by atomic mass is 9.93. The van der Waals surface area contributed by atoms with Crippen LogP contribution in [-0.4, -0.2) is 14.2 Å². The average Bonchev–Trinajstić information content (AvgIpc) is 2.45. The monoisotopic (exact) mass is 333 g/mol. The largest absolute Gasteiger partial charge is 0.496 e. The van der Waals surface area contributed by atoms with Gasteiger partial charge >= 0.3 is 0 Å². The van der Waals surface area contributed by atoms with Crippen LogP contribution in [0.5, 0.6) is 5.75 Å². The molecular weight excluding hydrogens is 314 g/mol. The number of methoxy groups -OCH3 is 1. The van der Waals surface area contributed by atoms with Gasteiger partial charge in [0.15, 0.2) is 0 Å². The van der Waals surface area contributed by atoms with E-state index in [1.54, 1.807) is 7.11 Å². The van der Waals surface area contributed by atoms with Crippen molar-refractivity contribution in [3.05, 3.63) is 63.1 Å². The molecule has 2 aromatic rings. The van der Waals surface area contributed by atoms with E-state index in [2.05, 4.69) is 65.4 Å². The Morgan fingerprint density at radius 2 is 1.75 bits per heavy atom. The fourth-order valence-electron chi connectivity index (χ4n) is 2.53. The molecule has 1 unspecified atom stereocenters. The van der Waals surface area contributed by atoms with Crippen LogP contribution in [0, 0.1) is 13.8 Å². The molecule has 20 heavy (non-hydrogen) atoms. The molecule has 0 amide bonds. The number of aryl methyl sites for hydroxylation is 2. The maximum absolute atomic E-state index is 5.39. The molecule has 0 heterocycles. The molecule has 0 aliphatic rings. The first kappa shape index (κ1) is 15.1. The van der Waals surface area contributed by atoms with Crippen molar-refractivity contribution in [3.8, 4) is 5.75 Å². The highest BCUT2D eigenvalue weighted by Gasteiger charge is 2.18. The predicted octanol–water partition coefficient (Wildman–Crippen LogP) is 4.38. The summed E-state index contributed by atoms with van der Waals surface area (Å²) in [5.41, 5.74) is 4.89.